The maximum Gasteiger partial charge on any atom is 0.348 e. The molecule has 4 rings (SSSR count). The van der Waals surface area contributed by atoms with Crippen LogP contribution in [0.1, 0.15) is 99.0 Å². The Balaban J connectivity index is 1.72. The maximum atomic E-state index is 13.8. The number of allylic oxidation sites excluding steroid dienone is 2. The van der Waals surface area contributed by atoms with Gasteiger partial charge in [-0.2, -0.15) is 0 Å². The van der Waals surface area contributed by atoms with Crippen molar-refractivity contribution in [1.29, 1.82) is 0 Å². The molecule has 0 spiro atoms. The van der Waals surface area contributed by atoms with Crippen molar-refractivity contribution in [2.24, 2.45) is 17.8 Å². The first-order chi connectivity index (χ1) is 15.3. The lowest BCUT2D eigenvalue weighted by atomic mass is 9.81. The first-order valence-corrected chi connectivity index (χ1v) is 13.1. The van der Waals surface area contributed by atoms with Crippen LogP contribution < -0.4 is 4.90 Å². The van der Waals surface area contributed by atoms with E-state index < -0.39 is 5.97 Å². The minimum Gasteiger partial charge on any atom is -0.477 e. The molecule has 0 aliphatic heterocycles. The average Bonchev–Trinajstić information content (AvgIpc) is 3.21. The lowest BCUT2D eigenvalue weighted by Crippen LogP contribution is -2.46. The first kappa shape index (κ1) is 23.2. The molecule has 1 aromatic rings. The first-order valence-electron chi connectivity index (χ1n) is 12.3. The van der Waals surface area contributed by atoms with Gasteiger partial charge in [-0.3, -0.25) is 9.59 Å². The Kier molecular flexibility index (Phi) is 7.18. The lowest BCUT2D eigenvalue weighted by molar-refractivity contribution is -0.125. The average molecular weight is 458 g/mol. The van der Waals surface area contributed by atoms with Gasteiger partial charge in [-0.1, -0.05) is 19.9 Å². The van der Waals surface area contributed by atoms with Crippen LogP contribution in [0.15, 0.2) is 12.1 Å². The van der Waals surface area contributed by atoms with E-state index in [1.54, 1.807) is 0 Å². The summed E-state index contributed by atoms with van der Waals surface area (Å²) < 4.78 is 0. The summed E-state index contributed by atoms with van der Waals surface area (Å²) >= 11 is 1.31. The Hall–Kier alpha value is -1.95. The number of rotatable bonds is 5. The minimum atomic E-state index is -0.970. The van der Waals surface area contributed by atoms with Crippen molar-refractivity contribution >= 4 is 40.3 Å². The van der Waals surface area contributed by atoms with E-state index in [9.17, 15) is 19.5 Å². The number of Topliss-reactive ketones (excluding diaryl/α,β-unsaturated/α-hetero) is 1. The molecule has 3 aliphatic carbocycles. The topological polar surface area (TPSA) is 74.7 Å². The van der Waals surface area contributed by atoms with Gasteiger partial charge < -0.3 is 10.0 Å². The summed E-state index contributed by atoms with van der Waals surface area (Å²) in [7, 11) is 0. The van der Waals surface area contributed by atoms with Crippen LogP contribution in [0.2, 0.25) is 0 Å². The molecule has 1 aromatic heterocycles. The Morgan fingerprint density at radius 1 is 1.03 bits per heavy atom. The lowest BCUT2D eigenvalue weighted by Gasteiger charge is -2.37. The van der Waals surface area contributed by atoms with E-state index >= 15 is 0 Å². The van der Waals surface area contributed by atoms with Crippen LogP contribution in [0, 0.1) is 17.8 Å². The van der Waals surface area contributed by atoms with E-state index in [1.165, 1.54) is 16.9 Å². The van der Waals surface area contributed by atoms with Gasteiger partial charge in [0.2, 0.25) is 5.91 Å². The van der Waals surface area contributed by atoms with Crippen LogP contribution in [0.4, 0.5) is 5.69 Å². The molecule has 1 heterocycles. The molecule has 2 fully saturated rings. The van der Waals surface area contributed by atoms with E-state index in [4.69, 9.17) is 0 Å². The van der Waals surface area contributed by atoms with Crippen LogP contribution in [0.5, 0.6) is 0 Å². The molecule has 32 heavy (non-hydrogen) atoms. The summed E-state index contributed by atoms with van der Waals surface area (Å²) in [6, 6.07) is 1.86. The second kappa shape index (κ2) is 9.90. The number of nitrogens with zero attached hydrogens (tertiary/aromatic N) is 1. The Bertz CT molecular complexity index is 899. The van der Waals surface area contributed by atoms with Gasteiger partial charge in [0.05, 0.1) is 5.69 Å². The fourth-order valence-electron chi connectivity index (χ4n) is 5.62. The number of hydrogen-bond donors (Lipinski definition) is 1. The molecule has 1 atom stereocenters. The van der Waals surface area contributed by atoms with Gasteiger partial charge in [0.25, 0.3) is 0 Å². The highest BCUT2D eigenvalue weighted by Crippen LogP contribution is 2.43. The van der Waals surface area contributed by atoms with Crippen molar-refractivity contribution in [3.8, 4) is 0 Å². The van der Waals surface area contributed by atoms with E-state index in [1.807, 2.05) is 11.0 Å². The van der Waals surface area contributed by atoms with Crippen molar-refractivity contribution in [2.45, 2.75) is 90.5 Å². The maximum absolute atomic E-state index is 13.8. The van der Waals surface area contributed by atoms with Gasteiger partial charge in [0.1, 0.15) is 10.7 Å². The molecule has 1 N–H and O–H groups in total. The molecular formula is C26H35NO4S. The molecule has 0 saturated heterocycles. The highest BCUT2D eigenvalue weighted by atomic mass is 32.1. The summed E-state index contributed by atoms with van der Waals surface area (Å²) in [4.78, 5) is 41.1. The van der Waals surface area contributed by atoms with E-state index in [0.29, 0.717) is 43.2 Å². The third-order valence-electron chi connectivity index (χ3n) is 7.67. The van der Waals surface area contributed by atoms with Crippen molar-refractivity contribution in [1.82, 2.24) is 0 Å². The number of carbonyl (C=O) groups excluding carboxylic acids is 2. The molecule has 0 bridgehead atoms. The van der Waals surface area contributed by atoms with Gasteiger partial charge in [0.15, 0.2) is 0 Å². The number of aromatic carboxylic acids is 1. The number of carbonyl (C=O) groups is 3. The zero-order valence-corrected chi connectivity index (χ0v) is 20.1. The predicted molar refractivity (Wildman–Crippen MR) is 128 cm³/mol. The number of thiophene rings is 1. The molecule has 1 amide bonds. The normalized spacial score (nSPS) is 27.1. The molecule has 1 unspecified atom stereocenters. The van der Waals surface area contributed by atoms with Crippen LogP contribution in [-0.4, -0.2) is 28.8 Å². The number of anilines is 1. The molecule has 174 valence electrons. The van der Waals surface area contributed by atoms with Crippen LogP contribution >= 0.6 is 11.3 Å². The number of ketones is 1. The second-order valence-electron chi connectivity index (χ2n) is 10.1. The van der Waals surface area contributed by atoms with E-state index in [2.05, 4.69) is 19.9 Å². The molecule has 2 saturated carbocycles. The molecular weight excluding hydrogens is 422 g/mol. The molecule has 6 heteroatoms. The van der Waals surface area contributed by atoms with Crippen LogP contribution in [0.25, 0.3) is 5.57 Å². The second-order valence-corrected chi connectivity index (χ2v) is 11.1. The monoisotopic (exact) mass is 457 g/mol. The summed E-state index contributed by atoms with van der Waals surface area (Å²) in [6.07, 6.45) is 11.5. The molecule has 3 aliphatic rings. The summed E-state index contributed by atoms with van der Waals surface area (Å²) in [5, 5.41) is 10.1. The summed E-state index contributed by atoms with van der Waals surface area (Å²) in [5.74, 6) is 0.318. The summed E-state index contributed by atoms with van der Waals surface area (Å²) in [5.41, 5.74) is 1.77. The van der Waals surface area contributed by atoms with Gasteiger partial charge in [-0.15, -0.1) is 11.3 Å². The fourth-order valence-corrected chi connectivity index (χ4v) is 6.76. The van der Waals surface area contributed by atoms with Crippen molar-refractivity contribution < 1.29 is 19.5 Å². The van der Waals surface area contributed by atoms with Crippen molar-refractivity contribution in [3.05, 3.63) is 21.9 Å². The van der Waals surface area contributed by atoms with E-state index in [-0.39, 0.29) is 28.5 Å². The number of hydrogen-bond acceptors (Lipinski definition) is 4. The highest BCUT2D eigenvalue weighted by molar-refractivity contribution is 7.15. The van der Waals surface area contributed by atoms with Crippen LogP contribution in [-0.2, 0) is 9.59 Å². The predicted octanol–water partition coefficient (Wildman–Crippen LogP) is 6.32. The zero-order chi connectivity index (χ0) is 22.8. The highest BCUT2D eigenvalue weighted by Gasteiger charge is 2.37. The quantitative estimate of drug-likeness (QED) is 0.561. The van der Waals surface area contributed by atoms with Crippen molar-refractivity contribution in [3.63, 3.8) is 0 Å². The third-order valence-corrected chi connectivity index (χ3v) is 8.83. The fraction of sp³-hybridized carbons (Fsp3) is 0.654. The summed E-state index contributed by atoms with van der Waals surface area (Å²) in [6.45, 7) is 4.43. The van der Waals surface area contributed by atoms with E-state index in [0.717, 1.165) is 49.8 Å². The largest absolute Gasteiger partial charge is 0.477 e. The number of carboxylic acids is 1. The zero-order valence-electron chi connectivity index (χ0n) is 19.3. The Morgan fingerprint density at radius 2 is 1.72 bits per heavy atom. The van der Waals surface area contributed by atoms with Crippen molar-refractivity contribution in [2.75, 3.05) is 4.90 Å². The molecule has 5 nitrogen and oxygen atoms in total. The smallest absolute Gasteiger partial charge is 0.348 e. The molecule has 0 aromatic carbocycles. The Labute approximate surface area is 194 Å². The minimum absolute atomic E-state index is 0.0540. The third kappa shape index (κ3) is 4.85. The number of carboxylic acid groups (broad SMARTS) is 1. The standard InChI is InChI=1S/C26H35NO4S/c1-16-7-9-18(10-8-16)25(29)27(19-11-13-20(28)14-12-19)22-15-23(32-24(22)26(30)31)21-6-4-3-5-17(21)2/h6,15-19H,3-5,7-14H2,1-2H3,(H,30,31). The molecule has 0 radical (unpaired) electrons. The van der Waals surface area contributed by atoms with Gasteiger partial charge >= 0.3 is 5.97 Å². The van der Waals surface area contributed by atoms with Crippen LogP contribution in [0.3, 0.4) is 0 Å². The Morgan fingerprint density at radius 3 is 2.34 bits per heavy atom. The van der Waals surface area contributed by atoms with Gasteiger partial charge in [-0.05, 0) is 81.3 Å². The van der Waals surface area contributed by atoms with Gasteiger partial charge in [0, 0.05) is 29.7 Å². The number of amides is 1. The van der Waals surface area contributed by atoms with Gasteiger partial charge in [-0.25, -0.2) is 4.79 Å². The SMILES string of the molecule is CC1CCC(C(=O)N(c2cc(C3=CCCCC3C)sc2C(=O)O)C2CCC(=O)CC2)CC1.